The quantitative estimate of drug-likeness (QED) is 0.588. The molecule has 9 heteroatoms. The molecule has 168 valence electrons. The number of aromatic nitrogens is 3. The number of ether oxygens (including phenoxy) is 2. The lowest BCUT2D eigenvalue weighted by Crippen LogP contribution is -2.38. The molecular formula is C23H26ClN5O3. The Balaban J connectivity index is 1.54. The number of pyridine rings is 1. The zero-order chi connectivity index (χ0) is 22.5. The fourth-order valence-electron chi connectivity index (χ4n) is 3.55. The molecule has 32 heavy (non-hydrogen) atoms. The molecule has 1 amide bonds. The molecule has 0 spiro atoms. The molecule has 0 unspecified atom stereocenters. The fourth-order valence-corrected chi connectivity index (χ4v) is 3.81. The molecule has 4 rings (SSSR count). The van der Waals surface area contributed by atoms with Gasteiger partial charge in [0.25, 0.3) is 5.91 Å². The Morgan fingerprint density at radius 1 is 1.22 bits per heavy atom. The van der Waals surface area contributed by atoms with Gasteiger partial charge in [-0.2, -0.15) is 5.10 Å². The minimum atomic E-state index is -0.236. The number of rotatable bonds is 7. The van der Waals surface area contributed by atoms with Gasteiger partial charge in [0.2, 0.25) is 0 Å². The standard InChI is InChI=1S/C23H26ClN5O3/c1-16-3-4-17(14-25-16)23(30)27-18-5-6-21(32-12-9-29-7-10-31-11-8-29)19(13-18)22-20(24)15-26-28(22)2/h3-6,13-15H,7-12H2,1-2H3,(H,27,30). The Hall–Kier alpha value is -2.94. The maximum atomic E-state index is 12.6. The Kier molecular flexibility index (Phi) is 7.04. The third-order valence-corrected chi connectivity index (χ3v) is 5.61. The molecule has 0 bridgehead atoms. The van der Waals surface area contributed by atoms with Crippen LogP contribution in [0, 0.1) is 6.92 Å². The largest absolute Gasteiger partial charge is 0.492 e. The molecule has 1 fully saturated rings. The maximum absolute atomic E-state index is 12.6. The van der Waals surface area contributed by atoms with Gasteiger partial charge in [-0.15, -0.1) is 0 Å². The van der Waals surface area contributed by atoms with Gasteiger partial charge in [-0.3, -0.25) is 19.4 Å². The summed E-state index contributed by atoms with van der Waals surface area (Å²) >= 11 is 6.42. The van der Waals surface area contributed by atoms with Crippen molar-refractivity contribution in [2.24, 2.45) is 7.05 Å². The highest BCUT2D eigenvalue weighted by Crippen LogP contribution is 2.36. The first-order valence-electron chi connectivity index (χ1n) is 10.5. The zero-order valence-corrected chi connectivity index (χ0v) is 18.9. The van der Waals surface area contributed by atoms with E-state index in [1.807, 2.05) is 32.2 Å². The smallest absolute Gasteiger partial charge is 0.257 e. The van der Waals surface area contributed by atoms with Gasteiger partial charge in [0.05, 0.1) is 35.7 Å². The number of benzene rings is 1. The zero-order valence-electron chi connectivity index (χ0n) is 18.2. The van der Waals surface area contributed by atoms with Crippen molar-refractivity contribution < 1.29 is 14.3 Å². The number of carbonyl (C=O) groups excluding carboxylic acids is 1. The molecule has 1 N–H and O–H groups in total. The second kappa shape index (κ2) is 10.1. The summed E-state index contributed by atoms with van der Waals surface area (Å²) in [4.78, 5) is 19.1. The summed E-state index contributed by atoms with van der Waals surface area (Å²) in [6.45, 7) is 6.53. The number of nitrogens with zero attached hydrogens (tertiary/aromatic N) is 4. The maximum Gasteiger partial charge on any atom is 0.257 e. The van der Waals surface area contributed by atoms with E-state index in [0.29, 0.717) is 28.6 Å². The van der Waals surface area contributed by atoms with E-state index in [2.05, 4.69) is 20.3 Å². The van der Waals surface area contributed by atoms with Gasteiger partial charge in [0, 0.05) is 49.8 Å². The van der Waals surface area contributed by atoms with Crippen molar-refractivity contribution in [3.63, 3.8) is 0 Å². The molecule has 1 aliphatic heterocycles. The number of halogens is 1. The number of morpholine rings is 1. The lowest BCUT2D eigenvalue weighted by Gasteiger charge is -2.26. The van der Waals surface area contributed by atoms with E-state index in [0.717, 1.165) is 49.8 Å². The van der Waals surface area contributed by atoms with Crippen LogP contribution in [-0.2, 0) is 11.8 Å². The van der Waals surface area contributed by atoms with Crippen LogP contribution in [0.3, 0.4) is 0 Å². The highest BCUT2D eigenvalue weighted by molar-refractivity contribution is 6.33. The van der Waals surface area contributed by atoms with E-state index in [1.165, 1.54) is 0 Å². The minimum Gasteiger partial charge on any atom is -0.492 e. The molecule has 0 aliphatic carbocycles. The van der Waals surface area contributed by atoms with Crippen molar-refractivity contribution in [2.45, 2.75) is 6.92 Å². The molecule has 0 saturated carbocycles. The van der Waals surface area contributed by atoms with Crippen LogP contribution in [0.15, 0.2) is 42.7 Å². The first-order valence-corrected chi connectivity index (χ1v) is 10.9. The van der Waals surface area contributed by atoms with Gasteiger partial charge < -0.3 is 14.8 Å². The van der Waals surface area contributed by atoms with Crippen LogP contribution in [0.1, 0.15) is 16.1 Å². The summed E-state index contributed by atoms with van der Waals surface area (Å²) in [5.74, 6) is 0.444. The second-order valence-corrected chi connectivity index (χ2v) is 8.03. The molecule has 3 aromatic rings. The summed E-state index contributed by atoms with van der Waals surface area (Å²) < 4.78 is 13.2. The van der Waals surface area contributed by atoms with Gasteiger partial charge in [-0.25, -0.2) is 0 Å². The van der Waals surface area contributed by atoms with Crippen LogP contribution in [-0.4, -0.2) is 65.0 Å². The summed E-state index contributed by atoms with van der Waals surface area (Å²) in [6, 6.07) is 9.08. The molecule has 3 heterocycles. The van der Waals surface area contributed by atoms with Gasteiger partial charge in [-0.05, 0) is 37.3 Å². The van der Waals surface area contributed by atoms with E-state index in [-0.39, 0.29) is 5.91 Å². The molecule has 2 aromatic heterocycles. The number of hydrogen-bond acceptors (Lipinski definition) is 6. The van der Waals surface area contributed by atoms with Crippen LogP contribution >= 0.6 is 11.6 Å². The Morgan fingerprint density at radius 3 is 2.72 bits per heavy atom. The number of anilines is 1. The fraction of sp³-hybridized carbons (Fsp3) is 0.348. The molecule has 8 nitrogen and oxygen atoms in total. The van der Waals surface area contributed by atoms with Crippen molar-refractivity contribution in [3.8, 4) is 17.0 Å². The number of aryl methyl sites for hydroxylation is 2. The molecular weight excluding hydrogens is 430 g/mol. The molecule has 1 saturated heterocycles. The van der Waals surface area contributed by atoms with Crippen LogP contribution in [0.5, 0.6) is 5.75 Å². The number of carbonyl (C=O) groups is 1. The predicted molar refractivity (Wildman–Crippen MR) is 123 cm³/mol. The minimum absolute atomic E-state index is 0.236. The van der Waals surface area contributed by atoms with Crippen molar-refractivity contribution in [3.05, 3.63) is 59.0 Å². The number of amides is 1. The van der Waals surface area contributed by atoms with Gasteiger partial charge in [0.1, 0.15) is 12.4 Å². The van der Waals surface area contributed by atoms with Gasteiger partial charge in [-0.1, -0.05) is 11.6 Å². The summed E-state index contributed by atoms with van der Waals surface area (Å²) in [7, 11) is 1.82. The number of nitrogens with one attached hydrogen (secondary N) is 1. The monoisotopic (exact) mass is 455 g/mol. The lowest BCUT2D eigenvalue weighted by atomic mass is 10.1. The van der Waals surface area contributed by atoms with Crippen LogP contribution in [0.4, 0.5) is 5.69 Å². The summed E-state index contributed by atoms with van der Waals surface area (Å²) in [5, 5.41) is 7.68. The highest BCUT2D eigenvalue weighted by Gasteiger charge is 2.17. The predicted octanol–water partition coefficient (Wildman–Crippen LogP) is 3.41. The first kappa shape index (κ1) is 22.3. The van der Waals surface area contributed by atoms with Gasteiger partial charge in [0.15, 0.2) is 0 Å². The second-order valence-electron chi connectivity index (χ2n) is 7.62. The third-order valence-electron chi connectivity index (χ3n) is 5.33. The Morgan fingerprint density at radius 2 is 2.03 bits per heavy atom. The summed E-state index contributed by atoms with van der Waals surface area (Å²) in [5.41, 5.74) is 3.45. The van der Waals surface area contributed by atoms with E-state index in [4.69, 9.17) is 21.1 Å². The topological polar surface area (TPSA) is 81.5 Å². The normalized spacial score (nSPS) is 14.3. The molecule has 1 aromatic carbocycles. The van der Waals surface area contributed by atoms with Crippen LogP contribution in [0.2, 0.25) is 5.02 Å². The van der Waals surface area contributed by atoms with Crippen molar-refractivity contribution in [1.29, 1.82) is 0 Å². The van der Waals surface area contributed by atoms with E-state index in [1.54, 1.807) is 29.2 Å². The average Bonchev–Trinajstić information content (AvgIpc) is 3.13. The van der Waals surface area contributed by atoms with Crippen molar-refractivity contribution in [1.82, 2.24) is 19.7 Å². The van der Waals surface area contributed by atoms with Crippen LogP contribution < -0.4 is 10.1 Å². The van der Waals surface area contributed by atoms with Crippen LogP contribution in [0.25, 0.3) is 11.3 Å². The average molecular weight is 456 g/mol. The van der Waals surface area contributed by atoms with E-state index < -0.39 is 0 Å². The third kappa shape index (κ3) is 5.27. The van der Waals surface area contributed by atoms with E-state index in [9.17, 15) is 4.79 Å². The molecule has 0 atom stereocenters. The summed E-state index contributed by atoms with van der Waals surface area (Å²) in [6.07, 6.45) is 3.16. The first-order chi connectivity index (χ1) is 15.5. The van der Waals surface area contributed by atoms with E-state index >= 15 is 0 Å². The number of hydrogen-bond donors (Lipinski definition) is 1. The molecule has 1 aliphatic rings. The SMILES string of the molecule is Cc1ccc(C(=O)Nc2ccc(OCCN3CCOCC3)c(-c3c(Cl)cnn3C)c2)cn1. The Bertz CT molecular complexity index is 1060. The Labute approximate surface area is 192 Å². The van der Waals surface area contributed by atoms with Crippen molar-refractivity contribution >= 4 is 23.2 Å². The van der Waals surface area contributed by atoms with Crippen molar-refractivity contribution in [2.75, 3.05) is 44.8 Å². The lowest BCUT2D eigenvalue weighted by molar-refractivity contribution is 0.0323. The van der Waals surface area contributed by atoms with Gasteiger partial charge >= 0.3 is 0 Å². The molecule has 0 radical (unpaired) electrons. The highest BCUT2D eigenvalue weighted by atomic mass is 35.5.